The minimum absolute atomic E-state index is 0.0427. The van der Waals surface area contributed by atoms with Gasteiger partial charge in [-0.05, 0) is 24.7 Å². The average molecular weight is 353 g/mol. The van der Waals surface area contributed by atoms with E-state index in [-0.39, 0.29) is 11.5 Å². The van der Waals surface area contributed by atoms with Crippen molar-refractivity contribution in [3.63, 3.8) is 0 Å². The Morgan fingerprint density at radius 2 is 2.00 bits per heavy atom. The molecule has 3 aromatic heterocycles. The summed E-state index contributed by atoms with van der Waals surface area (Å²) >= 11 is 0. The van der Waals surface area contributed by atoms with Gasteiger partial charge < -0.3 is 9.88 Å². The minimum atomic E-state index is 0.0427. The molecule has 4 heterocycles. The highest BCUT2D eigenvalue weighted by Gasteiger charge is 2.23. The number of piperidine rings is 1. The van der Waals surface area contributed by atoms with Crippen LogP contribution in [0.25, 0.3) is 11.2 Å². The first-order valence-corrected chi connectivity index (χ1v) is 9.07. The molecule has 8 nitrogen and oxygen atoms in total. The van der Waals surface area contributed by atoms with E-state index in [9.17, 15) is 4.79 Å². The Hall–Kier alpha value is -2.77. The highest BCUT2D eigenvalue weighted by Crippen LogP contribution is 2.26. The molecule has 0 amide bonds. The smallest absolute Gasteiger partial charge is 0.253 e. The SMILES string of the molecule is CC(C)c1cc(=O)n(CC2CCN(c3ncnc4nc[nH]c34)CC2)cn1. The minimum Gasteiger partial charge on any atom is -0.355 e. The first-order chi connectivity index (χ1) is 12.6. The van der Waals surface area contributed by atoms with Gasteiger partial charge in [0.1, 0.15) is 11.8 Å². The Kier molecular flexibility index (Phi) is 4.40. The lowest BCUT2D eigenvalue weighted by atomic mass is 9.96. The summed E-state index contributed by atoms with van der Waals surface area (Å²) in [6.07, 6.45) is 6.93. The van der Waals surface area contributed by atoms with Crippen LogP contribution >= 0.6 is 0 Å². The average Bonchev–Trinajstić information content (AvgIpc) is 3.13. The maximum atomic E-state index is 12.3. The molecule has 0 radical (unpaired) electrons. The molecular weight excluding hydrogens is 330 g/mol. The first-order valence-electron chi connectivity index (χ1n) is 9.07. The van der Waals surface area contributed by atoms with Crippen molar-refractivity contribution in [3.8, 4) is 0 Å². The molecule has 136 valence electrons. The van der Waals surface area contributed by atoms with Gasteiger partial charge in [-0.3, -0.25) is 9.36 Å². The first kappa shape index (κ1) is 16.7. The van der Waals surface area contributed by atoms with E-state index in [0.717, 1.165) is 49.5 Å². The molecule has 0 atom stereocenters. The molecule has 4 rings (SSSR count). The summed E-state index contributed by atoms with van der Waals surface area (Å²) in [6, 6.07) is 1.66. The van der Waals surface area contributed by atoms with Crippen molar-refractivity contribution in [1.29, 1.82) is 0 Å². The van der Waals surface area contributed by atoms with Crippen molar-refractivity contribution in [1.82, 2.24) is 29.5 Å². The van der Waals surface area contributed by atoms with Crippen molar-refractivity contribution < 1.29 is 0 Å². The maximum absolute atomic E-state index is 12.3. The van der Waals surface area contributed by atoms with Gasteiger partial charge >= 0.3 is 0 Å². The molecule has 0 unspecified atom stereocenters. The highest BCUT2D eigenvalue weighted by atomic mass is 16.1. The molecule has 26 heavy (non-hydrogen) atoms. The summed E-state index contributed by atoms with van der Waals surface area (Å²) in [6.45, 7) is 6.63. The number of H-pyrrole nitrogens is 1. The third-order valence-corrected chi connectivity index (χ3v) is 5.06. The second-order valence-electron chi connectivity index (χ2n) is 7.19. The molecule has 0 saturated carbocycles. The molecular formula is C18H23N7O. The van der Waals surface area contributed by atoms with Crippen LogP contribution in [0, 0.1) is 5.92 Å². The number of aromatic nitrogens is 6. The van der Waals surface area contributed by atoms with Crippen molar-refractivity contribution in [2.45, 2.75) is 39.2 Å². The van der Waals surface area contributed by atoms with Gasteiger partial charge in [-0.15, -0.1) is 0 Å². The summed E-state index contributed by atoms with van der Waals surface area (Å²) in [5, 5.41) is 0. The van der Waals surface area contributed by atoms with Crippen molar-refractivity contribution in [2.75, 3.05) is 18.0 Å². The van der Waals surface area contributed by atoms with Gasteiger partial charge in [-0.1, -0.05) is 13.8 Å². The van der Waals surface area contributed by atoms with Gasteiger partial charge in [0, 0.05) is 25.7 Å². The second kappa shape index (κ2) is 6.86. The fourth-order valence-electron chi connectivity index (χ4n) is 3.49. The lowest BCUT2D eigenvalue weighted by molar-refractivity contribution is 0.350. The van der Waals surface area contributed by atoms with Crippen LogP contribution in [-0.4, -0.2) is 42.6 Å². The maximum Gasteiger partial charge on any atom is 0.253 e. The van der Waals surface area contributed by atoms with E-state index in [4.69, 9.17) is 0 Å². The van der Waals surface area contributed by atoms with Crippen LogP contribution in [0.3, 0.4) is 0 Å². The highest BCUT2D eigenvalue weighted by molar-refractivity contribution is 5.82. The summed E-state index contributed by atoms with van der Waals surface area (Å²) in [5.74, 6) is 1.65. The van der Waals surface area contributed by atoms with Crippen molar-refractivity contribution >= 4 is 17.0 Å². The number of nitrogens with zero attached hydrogens (tertiary/aromatic N) is 6. The quantitative estimate of drug-likeness (QED) is 0.771. The molecule has 8 heteroatoms. The third-order valence-electron chi connectivity index (χ3n) is 5.06. The van der Waals surface area contributed by atoms with Crippen LogP contribution < -0.4 is 10.5 Å². The van der Waals surface area contributed by atoms with Crippen molar-refractivity contribution in [3.05, 3.63) is 41.1 Å². The molecule has 1 saturated heterocycles. The van der Waals surface area contributed by atoms with Crippen LogP contribution in [0.5, 0.6) is 0 Å². The van der Waals surface area contributed by atoms with Gasteiger partial charge in [-0.2, -0.15) is 0 Å². The summed E-state index contributed by atoms with van der Waals surface area (Å²) in [7, 11) is 0. The van der Waals surface area contributed by atoms with Crippen molar-refractivity contribution in [2.24, 2.45) is 5.92 Å². The number of rotatable bonds is 4. The van der Waals surface area contributed by atoms with E-state index in [0.29, 0.717) is 11.6 Å². The van der Waals surface area contributed by atoms with Gasteiger partial charge in [0.25, 0.3) is 5.56 Å². The fourth-order valence-corrected chi connectivity index (χ4v) is 3.49. The number of nitrogens with one attached hydrogen (secondary N) is 1. The Morgan fingerprint density at radius 1 is 1.19 bits per heavy atom. The number of hydrogen-bond acceptors (Lipinski definition) is 6. The van der Waals surface area contributed by atoms with E-state index >= 15 is 0 Å². The van der Waals surface area contributed by atoms with Gasteiger partial charge in [-0.25, -0.2) is 19.9 Å². The number of hydrogen-bond donors (Lipinski definition) is 1. The summed E-state index contributed by atoms with van der Waals surface area (Å²) in [4.78, 5) is 34.9. The number of imidazole rings is 1. The molecule has 1 aliphatic heterocycles. The lowest BCUT2D eigenvalue weighted by Gasteiger charge is -2.33. The standard InChI is InChI=1S/C18H23N7O/c1-12(2)14-7-15(26)25(11-23-14)8-13-3-5-24(6-4-13)18-16-17(20-9-19-16)21-10-22-18/h7,9-13H,3-6,8H2,1-2H3,(H,19,20,21,22). The Balaban J connectivity index is 1.43. The van der Waals surface area contributed by atoms with E-state index in [1.807, 2.05) is 13.8 Å². The largest absolute Gasteiger partial charge is 0.355 e. The van der Waals surface area contributed by atoms with Crippen LogP contribution in [-0.2, 0) is 6.54 Å². The van der Waals surface area contributed by atoms with Crippen LogP contribution in [0.1, 0.15) is 38.3 Å². The lowest BCUT2D eigenvalue weighted by Crippen LogP contribution is -2.37. The monoisotopic (exact) mass is 353 g/mol. The molecule has 3 aromatic rings. The summed E-state index contributed by atoms with van der Waals surface area (Å²) < 4.78 is 1.74. The van der Waals surface area contributed by atoms with Gasteiger partial charge in [0.15, 0.2) is 11.5 Å². The van der Waals surface area contributed by atoms with Gasteiger partial charge in [0.05, 0.1) is 18.3 Å². The predicted molar refractivity (Wildman–Crippen MR) is 99.2 cm³/mol. The molecule has 0 aliphatic carbocycles. The van der Waals surface area contributed by atoms with E-state index < -0.39 is 0 Å². The molecule has 0 bridgehead atoms. The van der Waals surface area contributed by atoms with Crippen LogP contribution in [0.15, 0.2) is 29.8 Å². The van der Waals surface area contributed by atoms with E-state index in [1.165, 1.54) is 0 Å². The Bertz CT molecular complexity index is 953. The molecule has 0 aromatic carbocycles. The Morgan fingerprint density at radius 3 is 2.73 bits per heavy atom. The third kappa shape index (κ3) is 3.18. The zero-order chi connectivity index (χ0) is 18.1. The number of anilines is 1. The second-order valence-corrected chi connectivity index (χ2v) is 7.19. The summed E-state index contributed by atoms with van der Waals surface area (Å²) in [5.41, 5.74) is 2.48. The zero-order valence-electron chi connectivity index (χ0n) is 15.1. The van der Waals surface area contributed by atoms with Gasteiger partial charge in [0.2, 0.25) is 0 Å². The molecule has 1 N–H and O–H groups in total. The van der Waals surface area contributed by atoms with Crippen LogP contribution in [0.4, 0.5) is 5.82 Å². The normalized spacial score (nSPS) is 15.9. The van der Waals surface area contributed by atoms with Crippen LogP contribution in [0.2, 0.25) is 0 Å². The van der Waals surface area contributed by atoms with E-state index in [2.05, 4.69) is 29.8 Å². The number of fused-ring (bicyclic) bond motifs is 1. The molecule has 1 aliphatic rings. The fraction of sp³-hybridized carbons (Fsp3) is 0.500. The number of aromatic amines is 1. The van der Waals surface area contributed by atoms with E-state index in [1.54, 1.807) is 29.6 Å². The predicted octanol–water partition coefficient (Wildman–Crippen LogP) is 1.95. The molecule has 1 fully saturated rings. The molecule has 0 spiro atoms. The topological polar surface area (TPSA) is 92.6 Å². The Labute approximate surface area is 151 Å². The zero-order valence-corrected chi connectivity index (χ0v) is 15.1.